The molecule has 20 heavy (non-hydrogen) atoms. The van der Waals surface area contributed by atoms with Crippen molar-refractivity contribution >= 4 is 30.7 Å². The molecule has 2 heterocycles. The lowest BCUT2D eigenvalue weighted by Gasteiger charge is -2.36. The van der Waals surface area contributed by atoms with Crippen LogP contribution in [-0.2, 0) is 4.79 Å². The van der Waals surface area contributed by atoms with Crippen molar-refractivity contribution in [1.82, 2.24) is 15.1 Å². The molecule has 0 bridgehead atoms. The van der Waals surface area contributed by atoms with Crippen molar-refractivity contribution in [2.45, 2.75) is 38.1 Å². The Bertz CT molecular complexity index is 276. The molecule has 0 spiro atoms. The summed E-state index contributed by atoms with van der Waals surface area (Å²) in [5.74, 6) is 1.11. The van der Waals surface area contributed by atoms with E-state index in [4.69, 9.17) is 0 Å². The summed E-state index contributed by atoms with van der Waals surface area (Å²) >= 11 is 0. The molecule has 0 radical (unpaired) electrons. The minimum absolute atomic E-state index is 0. The van der Waals surface area contributed by atoms with Crippen LogP contribution >= 0.6 is 24.8 Å². The number of nitrogens with one attached hydrogen (secondary N) is 1. The summed E-state index contributed by atoms with van der Waals surface area (Å²) < 4.78 is 0. The van der Waals surface area contributed by atoms with Crippen LogP contribution in [0.2, 0.25) is 0 Å². The van der Waals surface area contributed by atoms with Gasteiger partial charge in [0.1, 0.15) is 0 Å². The second-order valence-electron chi connectivity index (χ2n) is 6.03. The third kappa shape index (κ3) is 5.76. The number of piperidine rings is 2. The molecular weight excluding hydrogens is 297 g/mol. The first-order chi connectivity index (χ1) is 8.66. The summed E-state index contributed by atoms with van der Waals surface area (Å²) in [4.78, 5) is 16.7. The predicted octanol–water partition coefficient (Wildman–Crippen LogP) is 1.77. The average Bonchev–Trinajstić information content (AvgIpc) is 2.39. The van der Waals surface area contributed by atoms with Crippen LogP contribution in [0.25, 0.3) is 0 Å². The normalized spacial score (nSPS) is 23.9. The molecule has 120 valence electrons. The summed E-state index contributed by atoms with van der Waals surface area (Å²) in [7, 11) is 4.26. The van der Waals surface area contributed by atoms with Gasteiger partial charge in [-0.3, -0.25) is 4.79 Å². The van der Waals surface area contributed by atoms with E-state index >= 15 is 0 Å². The lowest BCUT2D eigenvalue weighted by atomic mass is 9.95. The number of halogens is 2. The van der Waals surface area contributed by atoms with E-state index in [1.165, 1.54) is 12.8 Å². The van der Waals surface area contributed by atoms with Gasteiger partial charge in [0, 0.05) is 19.6 Å². The van der Waals surface area contributed by atoms with Gasteiger partial charge in [0.05, 0.1) is 6.04 Å². The molecule has 0 aliphatic carbocycles. The Kier molecular flexibility index (Phi) is 9.81. The van der Waals surface area contributed by atoms with Crippen molar-refractivity contribution in [3.63, 3.8) is 0 Å². The van der Waals surface area contributed by atoms with Gasteiger partial charge < -0.3 is 15.1 Å². The van der Waals surface area contributed by atoms with Crippen LogP contribution in [0.15, 0.2) is 0 Å². The first-order valence-electron chi connectivity index (χ1n) is 7.33. The van der Waals surface area contributed by atoms with Crippen molar-refractivity contribution in [1.29, 1.82) is 0 Å². The number of likely N-dealkylation sites (tertiary alicyclic amines) is 1. The van der Waals surface area contributed by atoms with Gasteiger partial charge in [-0.1, -0.05) is 6.42 Å². The highest BCUT2D eigenvalue weighted by Gasteiger charge is 2.28. The van der Waals surface area contributed by atoms with E-state index in [9.17, 15) is 4.79 Å². The number of carbonyl (C=O) groups is 1. The third-order valence-corrected chi connectivity index (χ3v) is 4.16. The summed E-state index contributed by atoms with van der Waals surface area (Å²) in [5.41, 5.74) is 0. The van der Waals surface area contributed by atoms with Crippen LogP contribution in [0.5, 0.6) is 0 Å². The van der Waals surface area contributed by atoms with Gasteiger partial charge in [-0.15, -0.1) is 24.8 Å². The quantitative estimate of drug-likeness (QED) is 0.859. The zero-order chi connectivity index (χ0) is 13.0. The van der Waals surface area contributed by atoms with Gasteiger partial charge >= 0.3 is 0 Å². The maximum absolute atomic E-state index is 12.3. The maximum Gasteiger partial charge on any atom is 0.239 e. The van der Waals surface area contributed by atoms with Gasteiger partial charge in [-0.2, -0.15) is 0 Å². The van der Waals surface area contributed by atoms with Gasteiger partial charge in [-0.25, -0.2) is 0 Å². The summed E-state index contributed by atoms with van der Waals surface area (Å²) in [6.07, 6.45) is 5.76. The summed E-state index contributed by atoms with van der Waals surface area (Å²) in [5, 5.41) is 3.36. The van der Waals surface area contributed by atoms with Crippen LogP contribution in [0, 0.1) is 5.92 Å². The van der Waals surface area contributed by atoms with Gasteiger partial charge in [0.25, 0.3) is 0 Å². The molecule has 2 saturated heterocycles. The van der Waals surface area contributed by atoms with Crippen molar-refractivity contribution in [2.75, 3.05) is 40.3 Å². The number of rotatable bonds is 3. The number of hydrogen-bond acceptors (Lipinski definition) is 3. The molecule has 6 heteroatoms. The minimum atomic E-state index is 0. The van der Waals surface area contributed by atoms with Crippen LogP contribution in [0.4, 0.5) is 0 Å². The molecule has 2 aliphatic heterocycles. The number of hydrogen-bond donors (Lipinski definition) is 1. The highest BCUT2D eigenvalue weighted by Crippen LogP contribution is 2.19. The highest BCUT2D eigenvalue weighted by molar-refractivity contribution is 5.85. The Balaban J connectivity index is 0.00000180. The standard InChI is InChI=1S/C14H27N3O.2ClH/c1-16(2)11-12-6-9-17(10-7-12)14(18)13-5-3-4-8-15-13;;/h12-13,15H,3-11H2,1-2H3;2*1H/t13-;;/m0../s1. The molecule has 0 saturated carbocycles. The zero-order valence-electron chi connectivity index (χ0n) is 12.6. The number of amides is 1. The molecule has 1 amide bonds. The van der Waals surface area contributed by atoms with Crippen LogP contribution in [0.3, 0.4) is 0 Å². The Morgan fingerprint density at radius 3 is 2.30 bits per heavy atom. The second kappa shape index (κ2) is 9.82. The molecule has 4 nitrogen and oxygen atoms in total. The zero-order valence-corrected chi connectivity index (χ0v) is 14.3. The fourth-order valence-electron chi connectivity index (χ4n) is 3.14. The molecule has 1 atom stereocenters. The van der Waals surface area contributed by atoms with E-state index in [-0.39, 0.29) is 30.9 Å². The monoisotopic (exact) mass is 325 g/mol. The van der Waals surface area contributed by atoms with Gasteiger partial charge in [0.2, 0.25) is 5.91 Å². The highest BCUT2D eigenvalue weighted by atomic mass is 35.5. The summed E-state index contributed by atoms with van der Waals surface area (Å²) in [6.45, 7) is 4.07. The topological polar surface area (TPSA) is 35.6 Å². The average molecular weight is 326 g/mol. The number of carbonyl (C=O) groups excluding carboxylic acids is 1. The lowest BCUT2D eigenvalue weighted by Crippen LogP contribution is -2.51. The van der Waals surface area contributed by atoms with Gasteiger partial charge in [-0.05, 0) is 52.2 Å². The first kappa shape index (κ1) is 20.0. The van der Waals surface area contributed by atoms with E-state index in [2.05, 4.69) is 29.2 Å². The van der Waals surface area contributed by atoms with Crippen molar-refractivity contribution < 1.29 is 4.79 Å². The van der Waals surface area contributed by atoms with Gasteiger partial charge in [0.15, 0.2) is 0 Å². The Labute approximate surface area is 135 Å². The Morgan fingerprint density at radius 2 is 1.80 bits per heavy atom. The predicted molar refractivity (Wildman–Crippen MR) is 88.0 cm³/mol. The lowest BCUT2D eigenvalue weighted by molar-refractivity contribution is -0.135. The molecule has 0 aromatic carbocycles. The van der Waals surface area contributed by atoms with E-state index in [1.807, 2.05) is 0 Å². The fraction of sp³-hybridized carbons (Fsp3) is 0.929. The van der Waals surface area contributed by atoms with E-state index in [0.717, 1.165) is 51.4 Å². The van der Waals surface area contributed by atoms with Crippen LogP contribution < -0.4 is 5.32 Å². The molecule has 2 rings (SSSR count). The summed E-state index contributed by atoms with van der Waals surface area (Å²) in [6, 6.07) is 0.101. The SMILES string of the molecule is CN(C)CC1CCN(C(=O)[C@@H]2CCCCN2)CC1.Cl.Cl. The van der Waals surface area contributed by atoms with E-state index in [1.54, 1.807) is 0 Å². The Morgan fingerprint density at radius 1 is 1.15 bits per heavy atom. The maximum atomic E-state index is 12.3. The first-order valence-corrected chi connectivity index (χ1v) is 7.33. The van der Waals surface area contributed by atoms with Crippen molar-refractivity contribution in [2.24, 2.45) is 5.92 Å². The third-order valence-electron chi connectivity index (χ3n) is 4.16. The van der Waals surface area contributed by atoms with Crippen molar-refractivity contribution in [3.8, 4) is 0 Å². The van der Waals surface area contributed by atoms with Crippen LogP contribution in [-0.4, -0.2) is 62.0 Å². The fourth-order valence-corrected chi connectivity index (χ4v) is 3.14. The van der Waals surface area contributed by atoms with Crippen LogP contribution in [0.1, 0.15) is 32.1 Å². The molecule has 2 aliphatic rings. The second-order valence-corrected chi connectivity index (χ2v) is 6.03. The van der Waals surface area contributed by atoms with E-state index in [0.29, 0.717) is 5.91 Å². The molecule has 0 unspecified atom stereocenters. The minimum Gasteiger partial charge on any atom is -0.341 e. The molecule has 0 aromatic rings. The molecule has 1 N–H and O–H groups in total. The Hall–Kier alpha value is -0.0300. The number of nitrogens with zero attached hydrogens (tertiary/aromatic N) is 2. The van der Waals surface area contributed by atoms with E-state index < -0.39 is 0 Å². The molecule has 0 aromatic heterocycles. The molecule has 2 fully saturated rings. The largest absolute Gasteiger partial charge is 0.341 e. The van der Waals surface area contributed by atoms with Crippen molar-refractivity contribution in [3.05, 3.63) is 0 Å². The smallest absolute Gasteiger partial charge is 0.239 e. The molecular formula is C14H29Cl2N3O.